The summed E-state index contributed by atoms with van der Waals surface area (Å²) in [5, 5.41) is 24.4. The maximum absolute atomic E-state index is 13.1. The van der Waals surface area contributed by atoms with Gasteiger partial charge in [0.2, 0.25) is 15.7 Å². The number of aliphatic hydroxyl groups is 1. The van der Waals surface area contributed by atoms with Gasteiger partial charge in [0.1, 0.15) is 17.8 Å². The monoisotopic (exact) mass is 589 g/mol. The first-order valence-electron chi connectivity index (χ1n) is 14.3. The van der Waals surface area contributed by atoms with Crippen LogP contribution in [0.25, 0.3) is 11.1 Å². The third kappa shape index (κ3) is 6.85. The Kier molecular flexibility index (Phi) is 9.63. The molecule has 1 saturated carbocycles. The number of aliphatic carboxylic acids is 1. The molecule has 41 heavy (non-hydrogen) atoms. The molecule has 4 rings (SSSR count). The molecular weight excluding hydrogens is 546 g/mol. The van der Waals surface area contributed by atoms with Crippen LogP contribution in [0, 0.1) is 5.41 Å². The number of aromatic nitrogens is 1. The zero-order valence-electron chi connectivity index (χ0n) is 24.6. The Bertz CT molecular complexity index is 1420. The van der Waals surface area contributed by atoms with E-state index >= 15 is 0 Å². The van der Waals surface area contributed by atoms with Crippen molar-refractivity contribution in [2.45, 2.75) is 77.4 Å². The largest absolute Gasteiger partial charge is 0.481 e. The summed E-state index contributed by atoms with van der Waals surface area (Å²) in [6.07, 6.45) is 9.50. The van der Waals surface area contributed by atoms with Crippen LogP contribution in [0.3, 0.4) is 0 Å². The van der Waals surface area contributed by atoms with Crippen LogP contribution in [-0.2, 0) is 19.6 Å². The molecule has 226 valence electrons. The summed E-state index contributed by atoms with van der Waals surface area (Å²) in [5.41, 5.74) is 1.82. The summed E-state index contributed by atoms with van der Waals surface area (Å²) in [6.45, 7) is 6.81. The van der Waals surface area contributed by atoms with Gasteiger partial charge in [-0.2, -0.15) is 4.98 Å². The van der Waals surface area contributed by atoms with Crippen molar-refractivity contribution < 1.29 is 32.6 Å². The van der Waals surface area contributed by atoms with Crippen LogP contribution in [0.15, 0.2) is 34.3 Å². The van der Waals surface area contributed by atoms with Gasteiger partial charge < -0.3 is 19.4 Å². The fourth-order valence-electron chi connectivity index (χ4n) is 5.53. The van der Waals surface area contributed by atoms with Gasteiger partial charge in [-0.3, -0.25) is 14.4 Å². The molecule has 2 aliphatic rings. The average molecular weight is 590 g/mol. The highest BCUT2D eigenvalue weighted by Crippen LogP contribution is 2.47. The third-order valence-electron chi connectivity index (χ3n) is 8.40. The van der Waals surface area contributed by atoms with Crippen LogP contribution < -0.4 is 9.62 Å². The van der Waals surface area contributed by atoms with Crippen LogP contribution in [0.2, 0.25) is 0 Å². The molecule has 2 aromatic heterocycles. The van der Waals surface area contributed by atoms with Gasteiger partial charge in [-0.1, -0.05) is 30.7 Å². The Morgan fingerprint density at radius 2 is 2.00 bits per heavy atom. The van der Waals surface area contributed by atoms with E-state index < -0.39 is 27.6 Å². The molecule has 2 unspecified atom stereocenters. The summed E-state index contributed by atoms with van der Waals surface area (Å²) in [5.74, 6) is -0.0153. The number of nitrogens with one attached hydrogen (secondary N) is 1. The van der Waals surface area contributed by atoms with Crippen molar-refractivity contribution >= 4 is 32.9 Å². The van der Waals surface area contributed by atoms with Gasteiger partial charge in [0.15, 0.2) is 0 Å². The van der Waals surface area contributed by atoms with Crippen LogP contribution in [0.1, 0.15) is 94.2 Å². The predicted molar refractivity (Wildman–Crippen MR) is 159 cm³/mol. The van der Waals surface area contributed by atoms with E-state index in [4.69, 9.17) is 14.1 Å². The lowest BCUT2D eigenvalue weighted by Gasteiger charge is -2.34. The Morgan fingerprint density at radius 3 is 2.56 bits per heavy atom. The van der Waals surface area contributed by atoms with Gasteiger partial charge in [-0.15, -0.1) is 0 Å². The number of carboxylic acid groups (broad SMARTS) is 1. The summed E-state index contributed by atoms with van der Waals surface area (Å²) in [7, 11) is -2.08. The lowest BCUT2D eigenvalue weighted by Crippen LogP contribution is -2.39. The van der Waals surface area contributed by atoms with Gasteiger partial charge in [0.05, 0.1) is 11.7 Å². The number of allylic oxidation sites excluding steroid dienone is 4. The Balaban J connectivity index is 1.76. The van der Waals surface area contributed by atoms with E-state index in [-0.39, 0.29) is 24.1 Å². The number of hydrogen-bond donors (Lipinski definition) is 3. The second kappa shape index (κ2) is 12.6. The molecule has 0 bridgehead atoms. The Morgan fingerprint density at radius 1 is 1.32 bits per heavy atom. The molecular formula is C30H43N3O7S. The minimum atomic E-state index is -3.74. The fraction of sp³-hybridized carbons (Fsp3) is 0.600. The Labute approximate surface area is 242 Å². The van der Waals surface area contributed by atoms with E-state index in [2.05, 4.69) is 5.32 Å². The van der Waals surface area contributed by atoms with Gasteiger partial charge >= 0.3 is 5.97 Å². The number of anilines is 1. The number of aliphatic hydroxyl groups excluding tert-OH is 1. The van der Waals surface area contributed by atoms with Crippen LogP contribution in [0.5, 0.6) is 0 Å². The zero-order valence-corrected chi connectivity index (χ0v) is 25.5. The topological polar surface area (TPSA) is 142 Å². The number of pyridine rings is 1. The molecule has 2 aromatic rings. The van der Waals surface area contributed by atoms with Crippen molar-refractivity contribution in [3.63, 3.8) is 0 Å². The lowest BCUT2D eigenvalue weighted by molar-refractivity contribution is -0.155. The van der Waals surface area contributed by atoms with E-state index in [1.165, 1.54) is 4.31 Å². The highest BCUT2D eigenvalue weighted by molar-refractivity contribution is 7.92. The average Bonchev–Trinajstić information content (AvgIpc) is 3.72. The number of sulfonamides is 1. The highest BCUT2D eigenvalue weighted by atomic mass is 32.2. The fourth-order valence-corrected chi connectivity index (χ4v) is 6.45. The standard InChI is InChI=1S/C30H43N3O7S/c1-6-19(2)8-9-20(3)25-24(27(34)31-4)23-18-22(21-10-11-21)26(32-28(23)40-25)33(41(5,37)38)15-7-12-30(29(35)36)13-16-39-17-14-30/h6,8-9,18,20-21,27,31,34H,7,10-17H2,1-5H3,(H,35,36). The molecule has 10 nitrogen and oxygen atoms in total. The van der Waals surface area contributed by atoms with Gasteiger partial charge in [0.25, 0.3) is 0 Å². The van der Waals surface area contributed by atoms with Crippen molar-refractivity contribution in [1.29, 1.82) is 0 Å². The number of nitrogens with zero attached hydrogens (tertiary/aromatic N) is 2. The molecule has 3 N–H and O–H groups in total. The maximum Gasteiger partial charge on any atom is 0.309 e. The van der Waals surface area contributed by atoms with E-state index in [9.17, 15) is 23.4 Å². The highest BCUT2D eigenvalue weighted by Gasteiger charge is 2.40. The molecule has 1 aliphatic carbocycles. The van der Waals surface area contributed by atoms with E-state index in [1.807, 2.05) is 45.1 Å². The van der Waals surface area contributed by atoms with E-state index in [1.54, 1.807) is 7.05 Å². The second-order valence-electron chi connectivity index (χ2n) is 11.4. The summed E-state index contributed by atoms with van der Waals surface area (Å²) >= 11 is 0. The molecule has 3 heterocycles. The molecule has 0 aromatic carbocycles. The van der Waals surface area contributed by atoms with Gasteiger partial charge in [0, 0.05) is 36.6 Å². The first kappa shape index (κ1) is 31.2. The molecule has 11 heteroatoms. The lowest BCUT2D eigenvalue weighted by atomic mass is 9.76. The number of furan rings is 1. The van der Waals surface area contributed by atoms with Crippen LogP contribution in [-0.4, -0.2) is 62.6 Å². The number of fused-ring (bicyclic) bond motifs is 1. The molecule has 2 atom stereocenters. The molecule has 1 saturated heterocycles. The molecule has 0 amide bonds. The number of rotatable bonds is 13. The number of hydrogen-bond acceptors (Lipinski definition) is 8. The molecule has 1 aliphatic heterocycles. The van der Waals surface area contributed by atoms with Crippen molar-refractivity contribution in [1.82, 2.24) is 10.3 Å². The summed E-state index contributed by atoms with van der Waals surface area (Å²) in [4.78, 5) is 16.9. The molecule has 0 radical (unpaired) electrons. The number of ether oxygens (including phenoxy) is 1. The van der Waals surface area contributed by atoms with Crippen molar-refractivity contribution in [3.05, 3.63) is 46.8 Å². The third-order valence-corrected chi connectivity index (χ3v) is 9.55. The smallest absolute Gasteiger partial charge is 0.309 e. The van der Waals surface area contributed by atoms with E-state index in [0.29, 0.717) is 61.4 Å². The zero-order chi connectivity index (χ0) is 29.9. The van der Waals surface area contributed by atoms with Crippen LogP contribution >= 0.6 is 0 Å². The molecule has 2 fully saturated rings. The molecule has 0 spiro atoms. The summed E-state index contributed by atoms with van der Waals surface area (Å²) in [6, 6.07) is 1.92. The number of carbonyl (C=O) groups is 1. The summed E-state index contributed by atoms with van der Waals surface area (Å²) < 4.78 is 39.2. The van der Waals surface area contributed by atoms with Gasteiger partial charge in [-0.25, -0.2) is 8.42 Å². The quantitative estimate of drug-likeness (QED) is 0.218. The van der Waals surface area contributed by atoms with Crippen molar-refractivity contribution in [2.75, 3.05) is 37.4 Å². The first-order valence-corrected chi connectivity index (χ1v) is 16.2. The maximum atomic E-state index is 13.1. The van der Waals surface area contributed by atoms with Gasteiger partial charge in [-0.05, 0) is 77.0 Å². The van der Waals surface area contributed by atoms with Crippen molar-refractivity contribution in [3.8, 4) is 0 Å². The predicted octanol–water partition coefficient (Wildman–Crippen LogP) is 4.97. The minimum Gasteiger partial charge on any atom is -0.481 e. The normalized spacial score (nSPS) is 19.5. The minimum absolute atomic E-state index is 0.105. The first-order chi connectivity index (χ1) is 19.4. The van der Waals surface area contributed by atoms with Crippen LogP contribution in [0.4, 0.5) is 5.82 Å². The van der Waals surface area contributed by atoms with E-state index in [0.717, 1.165) is 30.2 Å². The Hall–Kier alpha value is -2.73. The SMILES string of the molecule is CC=C(C)C=CC(C)c1oc2nc(N(CCCC3(C(=O)O)CCOCC3)S(C)(=O)=O)c(C3CC3)cc2c1C(O)NC. The second-order valence-corrected chi connectivity index (χ2v) is 13.3. The number of carboxylic acids is 1. The van der Waals surface area contributed by atoms with Crippen molar-refractivity contribution in [2.24, 2.45) is 5.41 Å².